The summed E-state index contributed by atoms with van der Waals surface area (Å²) in [5.41, 5.74) is 2.13. The molecule has 6 nitrogen and oxygen atoms in total. The van der Waals surface area contributed by atoms with Crippen molar-refractivity contribution in [1.82, 2.24) is 10.3 Å². The van der Waals surface area contributed by atoms with Crippen molar-refractivity contribution in [1.29, 1.82) is 0 Å². The first kappa shape index (κ1) is 22.4. The number of aromatic nitrogens is 1. The second-order valence-corrected chi connectivity index (χ2v) is 9.29. The van der Waals surface area contributed by atoms with E-state index in [0.717, 1.165) is 22.4 Å². The number of aryl methyl sites for hydroxylation is 2. The van der Waals surface area contributed by atoms with Crippen molar-refractivity contribution in [3.63, 3.8) is 0 Å². The van der Waals surface area contributed by atoms with Crippen LogP contribution in [0.2, 0.25) is 0 Å². The van der Waals surface area contributed by atoms with Gasteiger partial charge in [0.2, 0.25) is 0 Å². The maximum atomic E-state index is 12.1. The van der Waals surface area contributed by atoms with Crippen LogP contribution in [-0.4, -0.2) is 41.5 Å². The third-order valence-electron chi connectivity index (χ3n) is 5.00. The number of amides is 1. The molecule has 1 saturated heterocycles. The van der Waals surface area contributed by atoms with Crippen LogP contribution in [0.15, 0.2) is 17.6 Å². The van der Waals surface area contributed by atoms with Crippen molar-refractivity contribution in [2.24, 2.45) is 0 Å². The Morgan fingerprint density at radius 2 is 1.75 bits per heavy atom. The fourth-order valence-electron chi connectivity index (χ4n) is 2.73. The first-order valence-electron chi connectivity index (χ1n) is 9.67. The van der Waals surface area contributed by atoms with Gasteiger partial charge in [-0.05, 0) is 79.4 Å². The molecule has 0 bridgehead atoms. The van der Waals surface area contributed by atoms with E-state index < -0.39 is 30.0 Å². The molecule has 1 fully saturated rings. The summed E-state index contributed by atoms with van der Waals surface area (Å²) in [5.74, 6) is 0. The van der Waals surface area contributed by atoms with E-state index >= 15 is 0 Å². The zero-order chi connectivity index (χ0) is 21.3. The number of nitrogens with zero attached hydrogens (tertiary/aromatic N) is 1. The van der Waals surface area contributed by atoms with Crippen LogP contribution in [0.3, 0.4) is 0 Å². The first-order chi connectivity index (χ1) is 12.7. The average molecular weight is 388 g/mol. The Hall–Kier alpha value is -1.86. The van der Waals surface area contributed by atoms with Crippen LogP contribution < -0.4 is 5.32 Å². The molecule has 1 amide bonds. The number of alkyl carbamates (subject to hydrolysis) is 1. The van der Waals surface area contributed by atoms with E-state index in [1.807, 2.05) is 80.5 Å². The van der Waals surface area contributed by atoms with Gasteiger partial charge in [-0.2, -0.15) is 0 Å². The molecular formula is C21H33BN2O4. The lowest BCUT2D eigenvalue weighted by Crippen LogP contribution is -2.41. The van der Waals surface area contributed by atoms with Crippen LogP contribution in [0.25, 0.3) is 6.08 Å². The number of ether oxygens (including phenoxy) is 1. The van der Waals surface area contributed by atoms with E-state index in [1.54, 1.807) is 0 Å². The largest absolute Gasteiger partial charge is 0.492 e. The average Bonchev–Trinajstić information content (AvgIpc) is 2.71. The maximum absolute atomic E-state index is 12.1. The fraction of sp³-hybridized carbons (Fsp3) is 0.619. The van der Waals surface area contributed by atoms with Gasteiger partial charge in [0.25, 0.3) is 0 Å². The van der Waals surface area contributed by atoms with Crippen LogP contribution in [0.4, 0.5) is 4.79 Å². The summed E-state index contributed by atoms with van der Waals surface area (Å²) < 4.78 is 17.7. The van der Waals surface area contributed by atoms with E-state index in [9.17, 15) is 4.79 Å². The molecule has 1 aromatic rings. The quantitative estimate of drug-likeness (QED) is 0.782. The molecule has 0 unspecified atom stereocenters. The van der Waals surface area contributed by atoms with Gasteiger partial charge in [-0.25, -0.2) is 4.79 Å². The number of hydrogen-bond acceptors (Lipinski definition) is 5. The predicted molar refractivity (Wildman–Crippen MR) is 112 cm³/mol. The normalized spacial score (nSPS) is 18.9. The molecule has 0 aromatic carbocycles. The van der Waals surface area contributed by atoms with E-state index in [2.05, 4.69) is 10.3 Å². The Labute approximate surface area is 169 Å². The summed E-state index contributed by atoms with van der Waals surface area (Å²) in [6, 6.07) is 3.97. The van der Waals surface area contributed by atoms with Gasteiger partial charge in [0.1, 0.15) is 5.60 Å². The number of carbonyl (C=O) groups excluding carboxylic acids is 1. The van der Waals surface area contributed by atoms with Crippen molar-refractivity contribution in [3.8, 4) is 0 Å². The van der Waals surface area contributed by atoms with E-state index in [0.29, 0.717) is 0 Å². The highest BCUT2D eigenvalue weighted by atomic mass is 16.7. The molecule has 0 saturated carbocycles. The van der Waals surface area contributed by atoms with Crippen LogP contribution in [0.1, 0.15) is 65.4 Å². The number of hydrogen-bond donors (Lipinski definition) is 1. The summed E-state index contributed by atoms with van der Waals surface area (Å²) in [6.07, 6.45) is 1.50. The standard InChI is InChI=1S/C21H33BN2O4/c1-14-10-11-16(15(2)24-14)12-17(13-23-18(25)26-19(3,4)5)22-27-20(6,7)21(8,9)28-22/h10-12H,13H2,1-9H3,(H,23,25). The Morgan fingerprint density at radius 1 is 1.18 bits per heavy atom. The third-order valence-corrected chi connectivity index (χ3v) is 5.00. The summed E-state index contributed by atoms with van der Waals surface area (Å²) >= 11 is 0. The topological polar surface area (TPSA) is 69.7 Å². The Bertz CT molecular complexity index is 750. The Kier molecular flexibility index (Phi) is 6.31. The van der Waals surface area contributed by atoms with Gasteiger partial charge in [-0.15, -0.1) is 0 Å². The molecule has 0 aliphatic carbocycles. The van der Waals surface area contributed by atoms with Gasteiger partial charge in [-0.3, -0.25) is 4.98 Å². The van der Waals surface area contributed by atoms with Crippen molar-refractivity contribution >= 4 is 19.3 Å². The third kappa shape index (κ3) is 5.58. The van der Waals surface area contributed by atoms with Crippen molar-refractivity contribution in [3.05, 3.63) is 34.6 Å². The maximum Gasteiger partial charge on any atom is 0.492 e. The summed E-state index contributed by atoms with van der Waals surface area (Å²) in [5, 5.41) is 2.81. The number of rotatable bonds is 4. The highest BCUT2D eigenvalue weighted by molar-refractivity contribution is 6.56. The molecule has 154 valence electrons. The van der Waals surface area contributed by atoms with Gasteiger partial charge in [0, 0.05) is 17.9 Å². The lowest BCUT2D eigenvalue weighted by Gasteiger charge is -2.32. The predicted octanol–water partition coefficient (Wildman–Crippen LogP) is 4.24. The molecule has 1 N–H and O–H groups in total. The summed E-state index contributed by atoms with van der Waals surface area (Å²) in [4.78, 5) is 16.7. The van der Waals surface area contributed by atoms with Crippen molar-refractivity contribution < 1.29 is 18.8 Å². The first-order valence-corrected chi connectivity index (χ1v) is 9.67. The van der Waals surface area contributed by atoms with Crippen LogP contribution in [0.5, 0.6) is 0 Å². The summed E-state index contributed by atoms with van der Waals surface area (Å²) in [6.45, 7) is 17.7. The Balaban J connectivity index is 2.28. The number of pyridine rings is 1. The molecule has 0 radical (unpaired) electrons. The monoisotopic (exact) mass is 388 g/mol. The van der Waals surface area contributed by atoms with Crippen molar-refractivity contribution in [2.45, 2.75) is 79.1 Å². The SMILES string of the molecule is Cc1ccc(C=C(CNC(=O)OC(C)(C)C)B2OC(C)(C)C(C)(C)O2)c(C)n1. The van der Waals surface area contributed by atoms with Gasteiger partial charge < -0.3 is 19.4 Å². The smallest absolute Gasteiger partial charge is 0.444 e. The van der Waals surface area contributed by atoms with Crippen LogP contribution >= 0.6 is 0 Å². The zero-order valence-corrected chi connectivity index (χ0v) is 18.6. The highest BCUT2D eigenvalue weighted by Crippen LogP contribution is 2.38. The van der Waals surface area contributed by atoms with E-state index in [-0.39, 0.29) is 6.54 Å². The van der Waals surface area contributed by atoms with E-state index in [1.165, 1.54) is 0 Å². The van der Waals surface area contributed by atoms with Crippen LogP contribution in [0, 0.1) is 13.8 Å². The van der Waals surface area contributed by atoms with Gasteiger partial charge in [0.15, 0.2) is 0 Å². The van der Waals surface area contributed by atoms with Gasteiger partial charge in [0.05, 0.1) is 11.2 Å². The fourth-order valence-corrected chi connectivity index (χ4v) is 2.73. The zero-order valence-electron chi connectivity index (χ0n) is 18.6. The molecule has 7 heteroatoms. The van der Waals surface area contributed by atoms with Gasteiger partial charge >= 0.3 is 13.2 Å². The van der Waals surface area contributed by atoms with Crippen molar-refractivity contribution in [2.75, 3.05) is 6.54 Å². The molecule has 1 aromatic heterocycles. The molecule has 1 aliphatic heterocycles. The molecular weight excluding hydrogens is 355 g/mol. The lowest BCUT2D eigenvalue weighted by atomic mass is 9.77. The summed E-state index contributed by atoms with van der Waals surface area (Å²) in [7, 11) is -0.569. The van der Waals surface area contributed by atoms with Crippen LogP contribution in [-0.2, 0) is 14.0 Å². The molecule has 1 aliphatic rings. The Morgan fingerprint density at radius 3 is 2.25 bits per heavy atom. The molecule has 2 heterocycles. The molecule has 0 spiro atoms. The minimum absolute atomic E-state index is 0.249. The molecule has 0 atom stereocenters. The minimum Gasteiger partial charge on any atom is -0.444 e. The minimum atomic E-state index is -0.569. The number of nitrogens with one attached hydrogen (secondary N) is 1. The number of carbonyl (C=O) groups is 1. The highest BCUT2D eigenvalue weighted by Gasteiger charge is 2.52. The van der Waals surface area contributed by atoms with E-state index in [4.69, 9.17) is 14.0 Å². The second-order valence-electron chi connectivity index (χ2n) is 9.29. The molecule has 28 heavy (non-hydrogen) atoms. The lowest BCUT2D eigenvalue weighted by molar-refractivity contribution is 0.00578. The molecule has 2 rings (SSSR count). The van der Waals surface area contributed by atoms with Gasteiger partial charge in [-0.1, -0.05) is 12.1 Å². The second kappa shape index (κ2) is 7.87.